The summed E-state index contributed by atoms with van der Waals surface area (Å²) in [5.41, 5.74) is 2.68. The monoisotopic (exact) mass is 459 g/mol. The predicted octanol–water partition coefficient (Wildman–Crippen LogP) is 3.67. The van der Waals surface area contributed by atoms with Crippen molar-refractivity contribution in [3.63, 3.8) is 0 Å². The average Bonchev–Trinajstić information content (AvgIpc) is 3.23. The lowest BCUT2D eigenvalue weighted by molar-refractivity contribution is -0.122. The maximum atomic E-state index is 13.4. The van der Waals surface area contributed by atoms with Gasteiger partial charge in [-0.15, -0.1) is 0 Å². The van der Waals surface area contributed by atoms with Crippen molar-refractivity contribution in [2.24, 2.45) is 0 Å². The molecule has 0 saturated heterocycles. The zero-order chi connectivity index (χ0) is 22.9. The lowest BCUT2D eigenvalue weighted by Crippen LogP contribution is -2.43. The SMILES string of the molecule is O=C(Cn1c(=O)n(Cc2ccc(Cl)cc2)c(=O)c2ccccc21)N[C@@H]1CCc2ccccc21. The van der Waals surface area contributed by atoms with Gasteiger partial charge in [0.25, 0.3) is 5.56 Å². The first-order valence-electron chi connectivity index (χ1n) is 10.9. The van der Waals surface area contributed by atoms with Gasteiger partial charge in [-0.05, 0) is 53.8 Å². The molecule has 3 aromatic carbocycles. The summed E-state index contributed by atoms with van der Waals surface area (Å²) in [4.78, 5) is 39.5. The van der Waals surface area contributed by atoms with Crippen LogP contribution in [0.2, 0.25) is 5.02 Å². The van der Waals surface area contributed by atoms with E-state index in [1.54, 1.807) is 48.5 Å². The summed E-state index contributed by atoms with van der Waals surface area (Å²) in [7, 11) is 0. The van der Waals surface area contributed by atoms with Crippen molar-refractivity contribution in [2.75, 3.05) is 0 Å². The fraction of sp³-hybridized carbons (Fsp3) is 0.192. The van der Waals surface area contributed by atoms with Gasteiger partial charge in [-0.25, -0.2) is 4.79 Å². The second kappa shape index (κ2) is 8.71. The van der Waals surface area contributed by atoms with Crippen molar-refractivity contribution >= 4 is 28.4 Å². The predicted molar refractivity (Wildman–Crippen MR) is 129 cm³/mol. The second-order valence-corrected chi connectivity index (χ2v) is 8.70. The first-order valence-corrected chi connectivity index (χ1v) is 11.2. The van der Waals surface area contributed by atoms with Crippen molar-refractivity contribution in [1.82, 2.24) is 14.5 Å². The Balaban J connectivity index is 1.49. The van der Waals surface area contributed by atoms with Gasteiger partial charge in [-0.2, -0.15) is 0 Å². The largest absolute Gasteiger partial charge is 0.348 e. The standard InChI is InChI=1S/C26H22ClN3O3/c27-19-12-9-17(10-13-19)15-30-25(32)21-7-3-4-8-23(21)29(26(30)33)16-24(31)28-22-14-11-18-5-1-2-6-20(18)22/h1-10,12-13,22H,11,14-16H2,(H,28,31)/t22-/m1/s1. The number of hydrogen-bond donors (Lipinski definition) is 1. The van der Waals surface area contributed by atoms with Crippen LogP contribution in [0.4, 0.5) is 0 Å². The number of rotatable bonds is 5. The smallest absolute Gasteiger partial charge is 0.332 e. The number of para-hydroxylation sites is 1. The fourth-order valence-corrected chi connectivity index (χ4v) is 4.65. The number of carbonyl (C=O) groups excluding carboxylic acids is 1. The number of halogens is 1. The summed E-state index contributed by atoms with van der Waals surface area (Å²) in [5, 5.41) is 4.03. The first-order chi connectivity index (χ1) is 16.0. The lowest BCUT2D eigenvalue weighted by Gasteiger charge is -2.17. The molecule has 4 aromatic rings. The van der Waals surface area contributed by atoms with Gasteiger partial charge in [0.1, 0.15) is 6.54 Å². The highest BCUT2D eigenvalue weighted by molar-refractivity contribution is 6.30. The van der Waals surface area contributed by atoms with Crippen molar-refractivity contribution in [3.8, 4) is 0 Å². The van der Waals surface area contributed by atoms with E-state index in [-0.39, 0.29) is 30.6 Å². The molecule has 0 spiro atoms. The molecule has 1 aliphatic carbocycles. The third kappa shape index (κ3) is 4.10. The summed E-state index contributed by atoms with van der Waals surface area (Å²) in [5.74, 6) is -0.263. The van der Waals surface area contributed by atoms with E-state index in [1.165, 1.54) is 14.7 Å². The summed E-state index contributed by atoms with van der Waals surface area (Å²) in [6.07, 6.45) is 1.74. The number of carbonyl (C=O) groups is 1. The van der Waals surface area contributed by atoms with Crippen LogP contribution in [0, 0.1) is 0 Å². The van der Waals surface area contributed by atoms with Crippen molar-refractivity contribution in [3.05, 3.63) is 115 Å². The van der Waals surface area contributed by atoms with Crippen LogP contribution in [0.15, 0.2) is 82.4 Å². The molecule has 1 aromatic heterocycles. The topological polar surface area (TPSA) is 73.1 Å². The zero-order valence-electron chi connectivity index (χ0n) is 17.8. The highest BCUT2D eigenvalue weighted by Crippen LogP contribution is 2.30. The van der Waals surface area contributed by atoms with Crippen LogP contribution in [-0.2, 0) is 24.3 Å². The van der Waals surface area contributed by atoms with Gasteiger partial charge in [-0.3, -0.25) is 18.7 Å². The fourth-order valence-electron chi connectivity index (χ4n) is 4.53. The normalized spacial score (nSPS) is 14.9. The Kier molecular flexibility index (Phi) is 5.60. The Bertz CT molecular complexity index is 1470. The molecule has 1 heterocycles. The highest BCUT2D eigenvalue weighted by Gasteiger charge is 2.24. The summed E-state index contributed by atoms with van der Waals surface area (Å²) in [6.45, 7) is -0.0732. The van der Waals surface area contributed by atoms with Gasteiger partial charge in [-0.1, -0.05) is 60.1 Å². The Labute approximate surface area is 195 Å². The Morgan fingerprint density at radius 1 is 0.939 bits per heavy atom. The number of aryl methyl sites for hydroxylation is 1. The van der Waals surface area contributed by atoms with Crippen molar-refractivity contribution < 1.29 is 4.79 Å². The molecule has 0 aliphatic heterocycles. The van der Waals surface area contributed by atoms with Gasteiger partial charge in [0.05, 0.1) is 23.5 Å². The number of nitrogens with zero attached hydrogens (tertiary/aromatic N) is 2. The molecule has 0 fully saturated rings. The lowest BCUT2D eigenvalue weighted by atomic mass is 10.1. The molecule has 1 amide bonds. The minimum Gasteiger partial charge on any atom is -0.348 e. The van der Waals surface area contributed by atoms with Gasteiger partial charge < -0.3 is 5.32 Å². The molecule has 1 aliphatic rings. The van der Waals surface area contributed by atoms with E-state index in [4.69, 9.17) is 11.6 Å². The third-order valence-electron chi connectivity index (χ3n) is 6.16. The molecular formula is C26H22ClN3O3. The van der Waals surface area contributed by atoms with Crippen LogP contribution < -0.4 is 16.6 Å². The number of benzene rings is 3. The van der Waals surface area contributed by atoms with E-state index >= 15 is 0 Å². The number of aromatic nitrogens is 2. The van der Waals surface area contributed by atoms with E-state index in [1.807, 2.05) is 18.2 Å². The van der Waals surface area contributed by atoms with Crippen molar-refractivity contribution in [1.29, 1.82) is 0 Å². The van der Waals surface area contributed by atoms with E-state index in [9.17, 15) is 14.4 Å². The molecule has 6 nitrogen and oxygen atoms in total. The number of fused-ring (bicyclic) bond motifs is 2. The van der Waals surface area contributed by atoms with Gasteiger partial charge in [0.2, 0.25) is 5.91 Å². The molecule has 0 unspecified atom stereocenters. The Morgan fingerprint density at radius 2 is 1.67 bits per heavy atom. The van der Waals surface area contributed by atoms with Gasteiger partial charge >= 0.3 is 5.69 Å². The maximum absolute atomic E-state index is 13.4. The van der Waals surface area contributed by atoms with Crippen LogP contribution >= 0.6 is 11.6 Å². The molecular weight excluding hydrogens is 438 g/mol. The highest BCUT2D eigenvalue weighted by atomic mass is 35.5. The Morgan fingerprint density at radius 3 is 2.48 bits per heavy atom. The van der Waals surface area contributed by atoms with Crippen LogP contribution in [0.25, 0.3) is 10.9 Å². The minimum absolute atomic E-state index is 0.0735. The molecule has 0 saturated carbocycles. The molecule has 7 heteroatoms. The zero-order valence-corrected chi connectivity index (χ0v) is 18.6. The van der Waals surface area contributed by atoms with E-state index in [2.05, 4.69) is 11.4 Å². The van der Waals surface area contributed by atoms with E-state index in [0.29, 0.717) is 15.9 Å². The number of amides is 1. The van der Waals surface area contributed by atoms with Gasteiger partial charge in [0, 0.05) is 5.02 Å². The minimum atomic E-state index is -0.518. The molecule has 1 atom stereocenters. The molecule has 5 rings (SSSR count). The van der Waals surface area contributed by atoms with Crippen LogP contribution in [0.1, 0.15) is 29.2 Å². The maximum Gasteiger partial charge on any atom is 0.332 e. The number of nitrogens with one attached hydrogen (secondary N) is 1. The Hall–Kier alpha value is -3.64. The average molecular weight is 460 g/mol. The van der Waals surface area contributed by atoms with Crippen LogP contribution in [0.5, 0.6) is 0 Å². The summed E-state index contributed by atoms with van der Waals surface area (Å²) < 4.78 is 2.55. The molecule has 33 heavy (non-hydrogen) atoms. The van der Waals surface area contributed by atoms with E-state index in [0.717, 1.165) is 24.0 Å². The van der Waals surface area contributed by atoms with Crippen LogP contribution in [-0.4, -0.2) is 15.0 Å². The van der Waals surface area contributed by atoms with E-state index < -0.39 is 5.69 Å². The first kappa shape index (κ1) is 21.2. The summed E-state index contributed by atoms with van der Waals surface area (Å²) >= 11 is 5.96. The quantitative estimate of drug-likeness (QED) is 0.495. The third-order valence-corrected chi connectivity index (χ3v) is 6.41. The summed E-state index contributed by atoms with van der Waals surface area (Å²) in [6, 6.07) is 21.9. The van der Waals surface area contributed by atoms with Gasteiger partial charge in [0.15, 0.2) is 0 Å². The molecule has 1 N–H and O–H groups in total. The van der Waals surface area contributed by atoms with Crippen LogP contribution in [0.3, 0.4) is 0 Å². The number of hydrogen-bond acceptors (Lipinski definition) is 3. The van der Waals surface area contributed by atoms with Crippen molar-refractivity contribution in [2.45, 2.75) is 32.0 Å². The molecule has 166 valence electrons. The molecule has 0 bridgehead atoms. The molecule has 0 radical (unpaired) electrons. The second-order valence-electron chi connectivity index (χ2n) is 8.26.